The van der Waals surface area contributed by atoms with E-state index in [0.717, 1.165) is 31.6 Å². The number of aryl methyl sites for hydroxylation is 1. The van der Waals surface area contributed by atoms with Crippen LogP contribution in [-0.2, 0) is 6.42 Å². The zero-order chi connectivity index (χ0) is 11.4. The molecule has 1 fully saturated rings. The summed E-state index contributed by atoms with van der Waals surface area (Å²) in [5.41, 5.74) is 2.21. The zero-order valence-electron chi connectivity index (χ0n) is 9.82. The highest BCUT2D eigenvalue weighted by atomic mass is 16.3. The van der Waals surface area contributed by atoms with Gasteiger partial charge in [-0.2, -0.15) is 0 Å². The molecule has 88 valence electrons. The third-order valence-electron chi connectivity index (χ3n) is 3.45. The number of aromatic nitrogens is 1. The average Bonchev–Trinajstić information content (AvgIpc) is 2.33. The lowest BCUT2D eigenvalue weighted by atomic mass is 9.89. The van der Waals surface area contributed by atoms with E-state index in [0.29, 0.717) is 12.3 Å². The Balaban J connectivity index is 1.96. The minimum atomic E-state index is -0.240. The van der Waals surface area contributed by atoms with E-state index in [9.17, 15) is 5.11 Å². The average molecular weight is 220 g/mol. The SMILES string of the molecule is Cc1cccnc1C[C@H](O)C1CCNCC1. The Labute approximate surface area is 96.9 Å². The Morgan fingerprint density at radius 1 is 1.50 bits per heavy atom. The highest BCUT2D eigenvalue weighted by Gasteiger charge is 2.22. The maximum absolute atomic E-state index is 10.2. The molecule has 1 saturated heterocycles. The standard InChI is InChI=1S/C13H20N2O/c1-10-3-2-6-15-12(10)9-13(16)11-4-7-14-8-5-11/h2-3,6,11,13-14,16H,4-5,7-9H2,1H3/t13-/m0/s1. The summed E-state index contributed by atoms with van der Waals surface area (Å²) in [6.45, 7) is 4.11. The fourth-order valence-electron chi connectivity index (χ4n) is 2.33. The molecule has 0 radical (unpaired) electrons. The van der Waals surface area contributed by atoms with E-state index in [1.807, 2.05) is 6.07 Å². The van der Waals surface area contributed by atoms with Gasteiger partial charge in [-0.15, -0.1) is 0 Å². The summed E-state index contributed by atoms with van der Waals surface area (Å²) < 4.78 is 0. The van der Waals surface area contributed by atoms with E-state index in [1.165, 1.54) is 5.56 Å². The van der Waals surface area contributed by atoms with Crippen molar-refractivity contribution in [3.8, 4) is 0 Å². The van der Waals surface area contributed by atoms with Gasteiger partial charge in [0, 0.05) is 18.3 Å². The lowest BCUT2D eigenvalue weighted by Crippen LogP contribution is -2.35. The molecule has 0 amide bonds. The van der Waals surface area contributed by atoms with Gasteiger partial charge in [0.15, 0.2) is 0 Å². The first-order valence-electron chi connectivity index (χ1n) is 6.06. The molecule has 3 heteroatoms. The molecule has 0 aliphatic carbocycles. The molecule has 1 atom stereocenters. The molecule has 1 aliphatic rings. The van der Waals surface area contributed by atoms with Crippen LogP contribution in [0.25, 0.3) is 0 Å². The van der Waals surface area contributed by atoms with E-state index in [1.54, 1.807) is 6.20 Å². The maximum Gasteiger partial charge on any atom is 0.0624 e. The van der Waals surface area contributed by atoms with Crippen molar-refractivity contribution in [2.45, 2.75) is 32.3 Å². The minimum absolute atomic E-state index is 0.240. The number of pyridine rings is 1. The molecule has 0 aromatic carbocycles. The van der Waals surface area contributed by atoms with Crippen LogP contribution in [0.3, 0.4) is 0 Å². The van der Waals surface area contributed by atoms with Crippen LogP contribution in [0.5, 0.6) is 0 Å². The van der Waals surface area contributed by atoms with Crippen LogP contribution in [0, 0.1) is 12.8 Å². The number of aliphatic hydroxyl groups excluding tert-OH is 1. The largest absolute Gasteiger partial charge is 0.392 e. The van der Waals surface area contributed by atoms with Gasteiger partial charge in [0.05, 0.1) is 6.10 Å². The molecule has 1 aromatic heterocycles. The fourth-order valence-corrected chi connectivity index (χ4v) is 2.33. The molecule has 1 aromatic rings. The molecular weight excluding hydrogens is 200 g/mol. The lowest BCUT2D eigenvalue weighted by molar-refractivity contribution is 0.0881. The second-order valence-electron chi connectivity index (χ2n) is 4.63. The molecule has 0 saturated carbocycles. The Morgan fingerprint density at radius 3 is 2.94 bits per heavy atom. The van der Waals surface area contributed by atoms with E-state index in [-0.39, 0.29) is 6.10 Å². The van der Waals surface area contributed by atoms with Gasteiger partial charge in [-0.3, -0.25) is 4.98 Å². The van der Waals surface area contributed by atoms with E-state index in [2.05, 4.69) is 23.3 Å². The number of aliphatic hydroxyl groups is 1. The maximum atomic E-state index is 10.2. The second-order valence-corrected chi connectivity index (χ2v) is 4.63. The van der Waals surface area contributed by atoms with Crippen LogP contribution in [0.4, 0.5) is 0 Å². The van der Waals surface area contributed by atoms with Gasteiger partial charge in [-0.1, -0.05) is 6.07 Å². The Kier molecular flexibility index (Phi) is 3.91. The van der Waals surface area contributed by atoms with Gasteiger partial charge in [0.25, 0.3) is 0 Å². The van der Waals surface area contributed by atoms with E-state index < -0.39 is 0 Å². The highest BCUT2D eigenvalue weighted by molar-refractivity contribution is 5.18. The fraction of sp³-hybridized carbons (Fsp3) is 0.615. The molecule has 1 aliphatic heterocycles. The van der Waals surface area contributed by atoms with Crippen LogP contribution in [0.2, 0.25) is 0 Å². The molecule has 2 heterocycles. The molecule has 2 rings (SSSR count). The van der Waals surface area contributed by atoms with Crippen molar-refractivity contribution in [2.24, 2.45) is 5.92 Å². The van der Waals surface area contributed by atoms with Crippen molar-refractivity contribution < 1.29 is 5.11 Å². The van der Waals surface area contributed by atoms with Crippen molar-refractivity contribution in [1.82, 2.24) is 10.3 Å². The molecular formula is C13H20N2O. The highest BCUT2D eigenvalue weighted by Crippen LogP contribution is 2.19. The van der Waals surface area contributed by atoms with Gasteiger partial charge in [-0.05, 0) is 50.4 Å². The smallest absolute Gasteiger partial charge is 0.0624 e. The number of hydrogen-bond acceptors (Lipinski definition) is 3. The summed E-state index contributed by atoms with van der Waals surface area (Å²) in [5, 5.41) is 13.5. The van der Waals surface area contributed by atoms with Crippen LogP contribution in [0.1, 0.15) is 24.1 Å². The summed E-state index contributed by atoms with van der Waals surface area (Å²) in [7, 11) is 0. The summed E-state index contributed by atoms with van der Waals surface area (Å²) in [6.07, 6.45) is 4.41. The molecule has 2 N–H and O–H groups in total. The molecule has 0 spiro atoms. The number of nitrogens with one attached hydrogen (secondary N) is 1. The number of hydrogen-bond donors (Lipinski definition) is 2. The number of rotatable bonds is 3. The lowest BCUT2D eigenvalue weighted by Gasteiger charge is -2.27. The Morgan fingerprint density at radius 2 is 2.25 bits per heavy atom. The summed E-state index contributed by atoms with van der Waals surface area (Å²) in [6, 6.07) is 3.99. The predicted molar refractivity (Wildman–Crippen MR) is 64.3 cm³/mol. The first-order valence-corrected chi connectivity index (χ1v) is 6.06. The van der Waals surface area contributed by atoms with Gasteiger partial charge in [-0.25, -0.2) is 0 Å². The van der Waals surface area contributed by atoms with Crippen molar-refractivity contribution in [3.63, 3.8) is 0 Å². The third kappa shape index (κ3) is 2.80. The topological polar surface area (TPSA) is 45.2 Å². The van der Waals surface area contributed by atoms with Gasteiger partial charge >= 0.3 is 0 Å². The Hall–Kier alpha value is -0.930. The van der Waals surface area contributed by atoms with Crippen molar-refractivity contribution in [2.75, 3.05) is 13.1 Å². The first-order chi connectivity index (χ1) is 7.77. The second kappa shape index (κ2) is 5.41. The van der Waals surface area contributed by atoms with E-state index in [4.69, 9.17) is 0 Å². The normalized spacial score (nSPS) is 19.6. The van der Waals surface area contributed by atoms with Crippen LogP contribution in [-0.4, -0.2) is 29.3 Å². The third-order valence-corrected chi connectivity index (χ3v) is 3.45. The van der Waals surface area contributed by atoms with Crippen molar-refractivity contribution in [3.05, 3.63) is 29.6 Å². The first kappa shape index (κ1) is 11.6. The zero-order valence-corrected chi connectivity index (χ0v) is 9.82. The summed E-state index contributed by atoms with van der Waals surface area (Å²) in [4.78, 5) is 4.34. The predicted octanol–water partition coefficient (Wildman–Crippen LogP) is 1.29. The van der Waals surface area contributed by atoms with Gasteiger partial charge in [0.1, 0.15) is 0 Å². The number of piperidine rings is 1. The molecule has 16 heavy (non-hydrogen) atoms. The summed E-state index contributed by atoms with van der Waals surface area (Å²) >= 11 is 0. The van der Waals surface area contributed by atoms with Crippen LogP contribution in [0.15, 0.2) is 18.3 Å². The van der Waals surface area contributed by atoms with Gasteiger partial charge in [0.2, 0.25) is 0 Å². The van der Waals surface area contributed by atoms with Crippen molar-refractivity contribution in [1.29, 1.82) is 0 Å². The van der Waals surface area contributed by atoms with Crippen LogP contribution < -0.4 is 5.32 Å². The monoisotopic (exact) mass is 220 g/mol. The summed E-state index contributed by atoms with van der Waals surface area (Å²) in [5.74, 6) is 0.433. The van der Waals surface area contributed by atoms with Crippen LogP contribution >= 0.6 is 0 Å². The molecule has 3 nitrogen and oxygen atoms in total. The molecule has 0 unspecified atom stereocenters. The van der Waals surface area contributed by atoms with Gasteiger partial charge < -0.3 is 10.4 Å². The van der Waals surface area contributed by atoms with E-state index >= 15 is 0 Å². The van der Waals surface area contributed by atoms with Crippen molar-refractivity contribution >= 4 is 0 Å². The number of nitrogens with zero attached hydrogens (tertiary/aromatic N) is 1. The molecule has 0 bridgehead atoms. The quantitative estimate of drug-likeness (QED) is 0.807. The Bertz CT molecular complexity index is 334. The minimum Gasteiger partial charge on any atom is -0.392 e.